The molecule has 5 nitrogen and oxygen atoms in total. The SMILES string of the molecule is C=C(C)C(=O)C(NC(=O)c1ccc(F)cc1)C(=O)OCc1ccccc1. The summed E-state index contributed by atoms with van der Waals surface area (Å²) in [7, 11) is 0. The first-order valence-electron chi connectivity index (χ1n) is 7.85. The number of rotatable bonds is 7. The maximum Gasteiger partial charge on any atom is 0.337 e. The Labute approximate surface area is 150 Å². The van der Waals surface area contributed by atoms with Gasteiger partial charge in [-0.2, -0.15) is 0 Å². The van der Waals surface area contributed by atoms with Crippen LogP contribution in [0, 0.1) is 5.82 Å². The normalized spacial score (nSPS) is 11.3. The molecule has 0 bridgehead atoms. The second-order valence-electron chi connectivity index (χ2n) is 5.65. The van der Waals surface area contributed by atoms with Crippen molar-refractivity contribution in [3.8, 4) is 0 Å². The predicted molar refractivity (Wildman–Crippen MR) is 93.7 cm³/mol. The number of ketones is 1. The molecule has 1 amide bonds. The van der Waals surface area contributed by atoms with Crippen molar-refractivity contribution < 1.29 is 23.5 Å². The van der Waals surface area contributed by atoms with Crippen molar-refractivity contribution >= 4 is 17.7 Å². The molecule has 0 saturated heterocycles. The highest BCUT2D eigenvalue weighted by molar-refractivity contribution is 6.14. The molecule has 0 fully saturated rings. The lowest BCUT2D eigenvalue weighted by Gasteiger charge is -2.17. The summed E-state index contributed by atoms with van der Waals surface area (Å²) in [6.45, 7) is 4.91. The molecular weight excluding hydrogens is 337 g/mol. The van der Waals surface area contributed by atoms with Crippen molar-refractivity contribution in [1.29, 1.82) is 0 Å². The minimum atomic E-state index is -1.52. The van der Waals surface area contributed by atoms with Crippen molar-refractivity contribution in [3.63, 3.8) is 0 Å². The van der Waals surface area contributed by atoms with E-state index in [-0.39, 0.29) is 17.7 Å². The molecule has 0 aliphatic heterocycles. The fraction of sp³-hybridized carbons (Fsp3) is 0.150. The molecule has 134 valence electrons. The van der Waals surface area contributed by atoms with Gasteiger partial charge in [-0.15, -0.1) is 0 Å². The summed E-state index contributed by atoms with van der Waals surface area (Å²) >= 11 is 0. The van der Waals surface area contributed by atoms with Gasteiger partial charge < -0.3 is 10.1 Å². The van der Waals surface area contributed by atoms with Gasteiger partial charge in [0.1, 0.15) is 12.4 Å². The molecule has 0 aromatic heterocycles. The molecule has 6 heteroatoms. The maximum atomic E-state index is 13.0. The number of hydrogen-bond donors (Lipinski definition) is 1. The lowest BCUT2D eigenvalue weighted by Crippen LogP contribution is -2.47. The van der Waals surface area contributed by atoms with E-state index in [0.29, 0.717) is 0 Å². The van der Waals surface area contributed by atoms with Crippen LogP contribution in [0.25, 0.3) is 0 Å². The zero-order valence-electron chi connectivity index (χ0n) is 14.2. The summed E-state index contributed by atoms with van der Waals surface area (Å²) in [6, 6.07) is 12.1. The van der Waals surface area contributed by atoms with Crippen LogP contribution < -0.4 is 5.32 Å². The van der Waals surface area contributed by atoms with Crippen molar-refractivity contribution in [2.45, 2.75) is 19.6 Å². The summed E-state index contributed by atoms with van der Waals surface area (Å²) in [4.78, 5) is 36.8. The van der Waals surface area contributed by atoms with Crippen LogP contribution in [0.4, 0.5) is 4.39 Å². The quantitative estimate of drug-likeness (QED) is 0.471. The highest BCUT2D eigenvalue weighted by atomic mass is 19.1. The van der Waals surface area contributed by atoms with Crippen LogP contribution in [0.5, 0.6) is 0 Å². The summed E-state index contributed by atoms with van der Waals surface area (Å²) in [5.41, 5.74) is 0.958. The van der Waals surface area contributed by atoms with Gasteiger partial charge in [0.15, 0.2) is 11.8 Å². The Hall–Kier alpha value is -3.28. The Morgan fingerprint density at radius 1 is 1.08 bits per heavy atom. The predicted octanol–water partition coefficient (Wildman–Crippen LogP) is 2.81. The molecule has 0 radical (unpaired) electrons. The van der Waals surface area contributed by atoms with Crippen molar-refractivity contribution in [1.82, 2.24) is 5.32 Å². The number of ether oxygens (including phenoxy) is 1. The maximum absolute atomic E-state index is 13.0. The minimum Gasteiger partial charge on any atom is -0.459 e. The molecule has 0 spiro atoms. The topological polar surface area (TPSA) is 72.5 Å². The first-order chi connectivity index (χ1) is 12.4. The number of amides is 1. The molecule has 1 atom stereocenters. The van der Waals surface area contributed by atoms with E-state index < -0.39 is 29.5 Å². The monoisotopic (exact) mass is 355 g/mol. The van der Waals surface area contributed by atoms with Crippen molar-refractivity contribution in [2.75, 3.05) is 0 Å². The number of esters is 1. The van der Waals surface area contributed by atoms with E-state index in [1.165, 1.54) is 19.1 Å². The summed E-state index contributed by atoms with van der Waals surface area (Å²) in [5.74, 6) is -2.74. The number of hydrogen-bond acceptors (Lipinski definition) is 4. The molecule has 2 aromatic rings. The van der Waals surface area contributed by atoms with Gasteiger partial charge in [-0.05, 0) is 42.3 Å². The molecule has 0 heterocycles. The zero-order valence-corrected chi connectivity index (χ0v) is 14.2. The standard InChI is InChI=1S/C20H18FNO4/c1-13(2)18(23)17(20(25)26-12-14-6-4-3-5-7-14)22-19(24)15-8-10-16(21)11-9-15/h3-11,17H,1,12H2,2H3,(H,22,24). The van der Waals surface area contributed by atoms with Crippen molar-refractivity contribution in [3.05, 3.63) is 83.7 Å². The fourth-order valence-corrected chi connectivity index (χ4v) is 2.11. The Morgan fingerprint density at radius 3 is 2.27 bits per heavy atom. The third-order valence-corrected chi connectivity index (χ3v) is 3.52. The van der Waals surface area contributed by atoms with Crippen LogP contribution in [0.15, 0.2) is 66.7 Å². The molecule has 2 aromatic carbocycles. The third-order valence-electron chi connectivity index (χ3n) is 3.52. The highest BCUT2D eigenvalue weighted by Crippen LogP contribution is 2.07. The Morgan fingerprint density at radius 2 is 1.69 bits per heavy atom. The van der Waals surface area contributed by atoms with Gasteiger partial charge in [-0.3, -0.25) is 9.59 Å². The van der Waals surface area contributed by atoms with Crippen LogP contribution in [0.3, 0.4) is 0 Å². The highest BCUT2D eigenvalue weighted by Gasteiger charge is 2.30. The van der Waals surface area contributed by atoms with Gasteiger partial charge in [0, 0.05) is 5.56 Å². The molecule has 2 rings (SSSR count). The van der Waals surface area contributed by atoms with Gasteiger partial charge >= 0.3 is 5.97 Å². The number of carbonyl (C=O) groups excluding carboxylic acids is 3. The summed E-state index contributed by atoms with van der Waals surface area (Å²) < 4.78 is 18.1. The molecular formula is C20H18FNO4. The molecule has 0 aliphatic rings. The summed E-state index contributed by atoms with van der Waals surface area (Å²) in [6.07, 6.45) is 0. The van der Waals surface area contributed by atoms with Gasteiger partial charge in [0.05, 0.1) is 0 Å². The van der Waals surface area contributed by atoms with Gasteiger partial charge in [0.25, 0.3) is 5.91 Å². The van der Waals surface area contributed by atoms with E-state index in [1.54, 1.807) is 24.3 Å². The number of halogens is 1. The number of carbonyl (C=O) groups is 3. The van der Waals surface area contributed by atoms with Crippen LogP contribution in [0.2, 0.25) is 0 Å². The van der Waals surface area contributed by atoms with E-state index in [4.69, 9.17) is 4.74 Å². The molecule has 1 unspecified atom stereocenters. The number of nitrogens with one attached hydrogen (secondary N) is 1. The van der Waals surface area contributed by atoms with E-state index in [0.717, 1.165) is 17.7 Å². The molecule has 0 aliphatic carbocycles. The average molecular weight is 355 g/mol. The van der Waals surface area contributed by atoms with Crippen molar-refractivity contribution in [2.24, 2.45) is 0 Å². The third kappa shape index (κ3) is 5.11. The van der Waals surface area contributed by atoms with Crippen LogP contribution in [-0.2, 0) is 20.9 Å². The minimum absolute atomic E-state index is 0.0357. The second-order valence-corrected chi connectivity index (χ2v) is 5.65. The Kier molecular flexibility index (Phi) is 6.38. The van der Waals surface area contributed by atoms with Gasteiger partial charge in [-0.25, -0.2) is 9.18 Å². The smallest absolute Gasteiger partial charge is 0.337 e. The Bertz CT molecular complexity index is 815. The van der Waals surface area contributed by atoms with E-state index in [2.05, 4.69) is 11.9 Å². The molecule has 0 saturated carbocycles. The van der Waals surface area contributed by atoms with E-state index in [9.17, 15) is 18.8 Å². The largest absolute Gasteiger partial charge is 0.459 e. The average Bonchev–Trinajstić information content (AvgIpc) is 2.64. The van der Waals surface area contributed by atoms with E-state index >= 15 is 0 Å². The second kappa shape index (κ2) is 8.71. The van der Waals surface area contributed by atoms with Crippen LogP contribution in [-0.4, -0.2) is 23.7 Å². The fourth-order valence-electron chi connectivity index (χ4n) is 2.11. The zero-order chi connectivity index (χ0) is 19.1. The number of Topliss-reactive ketones (excluding diaryl/α,β-unsaturated/α-hetero) is 1. The van der Waals surface area contributed by atoms with Crippen LogP contribution >= 0.6 is 0 Å². The first kappa shape index (κ1) is 19.1. The first-order valence-corrected chi connectivity index (χ1v) is 7.85. The van der Waals surface area contributed by atoms with E-state index in [1.807, 2.05) is 6.07 Å². The Balaban J connectivity index is 2.10. The lowest BCUT2D eigenvalue weighted by atomic mass is 10.1. The number of benzene rings is 2. The summed E-state index contributed by atoms with van der Waals surface area (Å²) in [5, 5.41) is 2.32. The van der Waals surface area contributed by atoms with Gasteiger partial charge in [0.2, 0.25) is 0 Å². The lowest BCUT2D eigenvalue weighted by molar-refractivity contribution is -0.149. The molecule has 26 heavy (non-hydrogen) atoms. The van der Waals surface area contributed by atoms with Gasteiger partial charge in [-0.1, -0.05) is 36.9 Å². The molecule has 1 N–H and O–H groups in total. The van der Waals surface area contributed by atoms with Crippen LogP contribution in [0.1, 0.15) is 22.8 Å².